The van der Waals surface area contributed by atoms with Crippen LogP contribution in [-0.4, -0.2) is 35.0 Å². The normalized spacial score (nSPS) is 22.0. The van der Waals surface area contributed by atoms with Crippen LogP contribution in [0.2, 0.25) is 0 Å². The van der Waals surface area contributed by atoms with Crippen molar-refractivity contribution in [1.29, 1.82) is 0 Å². The van der Waals surface area contributed by atoms with Gasteiger partial charge in [0.15, 0.2) is 5.76 Å². The third kappa shape index (κ3) is 3.82. The van der Waals surface area contributed by atoms with Crippen molar-refractivity contribution in [1.82, 2.24) is 4.90 Å². The Kier molecular flexibility index (Phi) is 4.59. The van der Waals surface area contributed by atoms with E-state index in [0.717, 1.165) is 12.8 Å². The van der Waals surface area contributed by atoms with Crippen LogP contribution in [0.5, 0.6) is 5.75 Å². The van der Waals surface area contributed by atoms with E-state index in [1.807, 2.05) is 0 Å². The number of hydrogen-bond acceptors (Lipinski definition) is 4. The molecule has 0 unspecified atom stereocenters. The summed E-state index contributed by atoms with van der Waals surface area (Å²) >= 11 is 0. The first-order valence-electron chi connectivity index (χ1n) is 9.00. The Balaban J connectivity index is 1.38. The van der Waals surface area contributed by atoms with Crippen molar-refractivity contribution < 1.29 is 28.2 Å². The maximum absolute atomic E-state index is 12.9. The van der Waals surface area contributed by atoms with Gasteiger partial charge in [-0.2, -0.15) is 0 Å². The molecule has 0 bridgehead atoms. The number of rotatable bonds is 6. The largest absolute Gasteiger partial charge is 0.486 e. The lowest BCUT2D eigenvalue weighted by Gasteiger charge is -2.14. The molecule has 7 heteroatoms. The van der Waals surface area contributed by atoms with E-state index in [4.69, 9.17) is 9.15 Å². The van der Waals surface area contributed by atoms with Gasteiger partial charge in [-0.1, -0.05) is 0 Å². The van der Waals surface area contributed by atoms with Crippen molar-refractivity contribution in [3.8, 4) is 5.75 Å². The van der Waals surface area contributed by atoms with Crippen LogP contribution in [0.25, 0.3) is 0 Å². The van der Waals surface area contributed by atoms with E-state index in [1.54, 1.807) is 17.0 Å². The zero-order chi connectivity index (χ0) is 19.0. The minimum Gasteiger partial charge on any atom is -0.486 e. The fourth-order valence-corrected chi connectivity index (χ4v) is 3.67. The molecule has 0 spiro atoms. The maximum atomic E-state index is 12.9. The summed E-state index contributed by atoms with van der Waals surface area (Å²) in [5.41, 5.74) is 0. The third-order valence-electron chi connectivity index (χ3n) is 5.26. The van der Waals surface area contributed by atoms with Crippen molar-refractivity contribution in [3.63, 3.8) is 0 Å². The number of hydrogen-bond donors (Lipinski definition) is 1. The van der Waals surface area contributed by atoms with Crippen molar-refractivity contribution in [2.24, 2.45) is 17.8 Å². The van der Waals surface area contributed by atoms with Crippen molar-refractivity contribution in [2.45, 2.75) is 19.4 Å². The maximum Gasteiger partial charge on any atom is 0.308 e. The topological polar surface area (TPSA) is 80.0 Å². The number of benzene rings is 1. The Hall–Kier alpha value is -2.83. The molecule has 2 heterocycles. The molecule has 6 nitrogen and oxygen atoms in total. The number of nitrogens with zero attached hydrogens (tertiary/aromatic N) is 1. The number of furan rings is 1. The first-order chi connectivity index (χ1) is 13.0. The van der Waals surface area contributed by atoms with Crippen LogP contribution in [0.4, 0.5) is 4.39 Å². The first-order valence-corrected chi connectivity index (χ1v) is 9.00. The third-order valence-corrected chi connectivity index (χ3v) is 5.26. The van der Waals surface area contributed by atoms with Gasteiger partial charge < -0.3 is 19.2 Å². The number of halogens is 1. The predicted molar refractivity (Wildman–Crippen MR) is 92.7 cm³/mol. The molecule has 1 aliphatic carbocycles. The van der Waals surface area contributed by atoms with Gasteiger partial charge in [0.2, 0.25) is 0 Å². The van der Waals surface area contributed by atoms with Crippen LogP contribution < -0.4 is 4.74 Å². The fraction of sp³-hybridized carbons (Fsp3) is 0.400. The second kappa shape index (κ2) is 7.06. The molecule has 1 aromatic heterocycles. The lowest BCUT2D eigenvalue weighted by atomic mass is 9.92. The summed E-state index contributed by atoms with van der Waals surface area (Å²) in [6, 6.07) is 8.85. The number of carboxylic acid groups (broad SMARTS) is 1. The Morgan fingerprint density at radius 1 is 1.15 bits per heavy atom. The Morgan fingerprint density at radius 3 is 2.56 bits per heavy atom. The van der Waals surface area contributed by atoms with Gasteiger partial charge in [0.05, 0.1) is 5.92 Å². The summed E-state index contributed by atoms with van der Waals surface area (Å²) in [5.74, 6) is -0.392. The summed E-state index contributed by atoms with van der Waals surface area (Å²) in [6.45, 7) is 0.793. The molecule has 0 radical (unpaired) electrons. The smallest absolute Gasteiger partial charge is 0.308 e. The minimum atomic E-state index is -0.838. The van der Waals surface area contributed by atoms with Gasteiger partial charge in [0, 0.05) is 13.1 Å². The Labute approximate surface area is 155 Å². The Morgan fingerprint density at radius 2 is 1.89 bits per heavy atom. The number of carboxylic acids is 1. The molecule has 4 rings (SSSR count). The molecule has 2 fully saturated rings. The van der Waals surface area contributed by atoms with Crippen LogP contribution >= 0.6 is 0 Å². The Bertz CT molecular complexity index is 842. The molecule has 2 aliphatic rings. The molecule has 2 aromatic rings. The monoisotopic (exact) mass is 373 g/mol. The van der Waals surface area contributed by atoms with Gasteiger partial charge in [-0.25, -0.2) is 4.39 Å². The second-order valence-corrected chi connectivity index (χ2v) is 7.16. The molecule has 2 atom stereocenters. The molecule has 27 heavy (non-hydrogen) atoms. The molecule has 1 N–H and O–H groups in total. The van der Waals surface area contributed by atoms with Gasteiger partial charge in [-0.05, 0) is 61.1 Å². The number of carbonyl (C=O) groups excluding carboxylic acids is 1. The number of carbonyl (C=O) groups is 2. The van der Waals surface area contributed by atoms with Crippen molar-refractivity contribution >= 4 is 11.9 Å². The summed E-state index contributed by atoms with van der Waals surface area (Å²) in [4.78, 5) is 25.8. The highest BCUT2D eigenvalue weighted by Crippen LogP contribution is 2.44. The van der Waals surface area contributed by atoms with E-state index in [9.17, 15) is 19.1 Å². The predicted octanol–water partition coefficient (Wildman–Crippen LogP) is 3.18. The molecule has 1 saturated carbocycles. The first kappa shape index (κ1) is 17.6. The van der Waals surface area contributed by atoms with Gasteiger partial charge in [0.1, 0.15) is 23.9 Å². The van der Waals surface area contributed by atoms with E-state index in [1.165, 1.54) is 24.3 Å². The van der Waals surface area contributed by atoms with Gasteiger partial charge in [0.25, 0.3) is 5.91 Å². The number of aliphatic carboxylic acids is 1. The number of likely N-dealkylation sites (tertiary alicyclic amines) is 1. The highest BCUT2D eigenvalue weighted by atomic mass is 19.1. The highest BCUT2D eigenvalue weighted by Gasteiger charge is 2.47. The average molecular weight is 373 g/mol. The van der Waals surface area contributed by atoms with Crippen LogP contribution in [0, 0.1) is 23.6 Å². The summed E-state index contributed by atoms with van der Waals surface area (Å²) in [7, 11) is 0. The average Bonchev–Trinajstić information content (AvgIpc) is 3.22. The fourth-order valence-electron chi connectivity index (χ4n) is 3.67. The molecular weight excluding hydrogens is 353 g/mol. The molecule has 1 aliphatic heterocycles. The number of ether oxygens (including phenoxy) is 1. The van der Waals surface area contributed by atoms with E-state index in [2.05, 4.69) is 0 Å². The van der Waals surface area contributed by atoms with E-state index in [0.29, 0.717) is 24.0 Å². The molecular formula is C20H20FNO5. The molecule has 1 amide bonds. The molecule has 142 valence electrons. The van der Waals surface area contributed by atoms with Gasteiger partial charge >= 0.3 is 5.97 Å². The van der Waals surface area contributed by atoms with Crippen LogP contribution in [-0.2, 0) is 11.4 Å². The van der Waals surface area contributed by atoms with Crippen molar-refractivity contribution in [3.05, 3.63) is 53.7 Å². The zero-order valence-electron chi connectivity index (χ0n) is 14.6. The summed E-state index contributed by atoms with van der Waals surface area (Å²) in [5, 5.41) is 9.43. The van der Waals surface area contributed by atoms with Crippen LogP contribution in [0.3, 0.4) is 0 Å². The van der Waals surface area contributed by atoms with Gasteiger partial charge in [-0.3, -0.25) is 9.59 Å². The molecule has 1 saturated heterocycles. The second-order valence-electron chi connectivity index (χ2n) is 7.16. The van der Waals surface area contributed by atoms with Crippen LogP contribution in [0.1, 0.15) is 29.2 Å². The van der Waals surface area contributed by atoms with Crippen LogP contribution in [0.15, 0.2) is 40.8 Å². The van der Waals surface area contributed by atoms with E-state index >= 15 is 0 Å². The summed E-state index contributed by atoms with van der Waals surface area (Å²) < 4.78 is 24.0. The van der Waals surface area contributed by atoms with E-state index < -0.39 is 11.9 Å². The standard InChI is InChI=1S/C20H20FNO5/c21-13-3-5-14(6-4-13)26-11-15-7-8-18(27-15)19(23)22-9-16(12-1-2-12)17(10-22)20(24)25/h3-8,12,16-17H,1-2,9-11H2,(H,24,25)/t16-,17+/m1/s1. The highest BCUT2D eigenvalue weighted by molar-refractivity contribution is 5.92. The molecule has 1 aromatic carbocycles. The quantitative estimate of drug-likeness (QED) is 0.841. The minimum absolute atomic E-state index is 0.0303. The zero-order valence-corrected chi connectivity index (χ0v) is 14.6. The summed E-state index contributed by atoms with van der Waals surface area (Å²) in [6.07, 6.45) is 2.09. The van der Waals surface area contributed by atoms with Crippen molar-refractivity contribution in [2.75, 3.05) is 13.1 Å². The van der Waals surface area contributed by atoms with E-state index in [-0.39, 0.29) is 36.6 Å². The lowest BCUT2D eigenvalue weighted by Crippen LogP contribution is -2.29. The van der Waals surface area contributed by atoms with Gasteiger partial charge in [-0.15, -0.1) is 0 Å². The SMILES string of the molecule is O=C(O)[C@H]1CN(C(=O)c2ccc(COc3ccc(F)cc3)o2)C[C@@H]1C1CC1. The number of amides is 1. The lowest BCUT2D eigenvalue weighted by molar-refractivity contribution is -0.142.